The van der Waals surface area contributed by atoms with Gasteiger partial charge in [-0.3, -0.25) is 0 Å². The largest absolute Gasteiger partial charge is 0.381 e. The lowest BCUT2D eigenvalue weighted by Gasteiger charge is -2.38. The summed E-state index contributed by atoms with van der Waals surface area (Å²) in [5.74, 6) is 0.502. The SMILES string of the molecule is Cc1cc(F)ccc1CC1(CNCC(C)C)CCCOC1. The summed E-state index contributed by atoms with van der Waals surface area (Å²) < 4.78 is 19.0. The summed E-state index contributed by atoms with van der Waals surface area (Å²) in [4.78, 5) is 0. The standard InChI is InChI=1S/C18H28FNO/c1-14(2)11-20-12-18(7-4-8-21-13-18)10-16-5-6-17(19)9-15(16)3/h5-6,9,14,20H,4,7-8,10-13H2,1-3H3. The lowest BCUT2D eigenvalue weighted by molar-refractivity contribution is -0.00746. The van der Waals surface area contributed by atoms with E-state index >= 15 is 0 Å². The van der Waals surface area contributed by atoms with Gasteiger partial charge in [0.2, 0.25) is 0 Å². The summed E-state index contributed by atoms with van der Waals surface area (Å²) >= 11 is 0. The molecule has 1 aliphatic heterocycles. The quantitative estimate of drug-likeness (QED) is 0.863. The average molecular weight is 293 g/mol. The zero-order valence-electron chi connectivity index (χ0n) is 13.5. The molecule has 2 rings (SSSR count). The van der Waals surface area contributed by atoms with Gasteiger partial charge >= 0.3 is 0 Å². The normalized spacial score (nSPS) is 22.7. The van der Waals surface area contributed by atoms with Crippen LogP contribution >= 0.6 is 0 Å². The highest BCUT2D eigenvalue weighted by atomic mass is 19.1. The Labute approximate surface area is 128 Å². The highest BCUT2D eigenvalue weighted by Gasteiger charge is 2.33. The van der Waals surface area contributed by atoms with Crippen LogP contribution in [0.25, 0.3) is 0 Å². The molecule has 3 heteroatoms. The van der Waals surface area contributed by atoms with E-state index in [4.69, 9.17) is 4.74 Å². The molecule has 1 atom stereocenters. The van der Waals surface area contributed by atoms with Crippen LogP contribution in [-0.2, 0) is 11.2 Å². The molecule has 1 aromatic carbocycles. The van der Waals surface area contributed by atoms with E-state index in [1.54, 1.807) is 12.1 Å². The number of ether oxygens (including phenoxy) is 1. The Hall–Kier alpha value is -0.930. The fourth-order valence-corrected chi connectivity index (χ4v) is 3.14. The molecule has 0 spiro atoms. The second-order valence-electron chi connectivity index (χ2n) is 6.93. The molecule has 0 amide bonds. The monoisotopic (exact) mass is 293 g/mol. The number of hydrogen-bond donors (Lipinski definition) is 1. The molecule has 0 bridgehead atoms. The van der Waals surface area contributed by atoms with Gasteiger partial charge in [-0.15, -0.1) is 0 Å². The predicted molar refractivity (Wildman–Crippen MR) is 85.0 cm³/mol. The van der Waals surface area contributed by atoms with Crippen LogP contribution in [0.4, 0.5) is 4.39 Å². The van der Waals surface area contributed by atoms with E-state index in [9.17, 15) is 4.39 Å². The summed E-state index contributed by atoms with van der Waals surface area (Å²) in [5, 5.41) is 3.59. The third kappa shape index (κ3) is 4.79. The van der Waals surface area contributed by atoms with E-state index in [1.165, 1.54) is 12.0 Å². The fourth-order valence-electron chi connectivity index (χ4n) is 3.14. The van der Waals surface area contributed by atoms with Gasteiger partial charge in [0.15, 0.2) is 0 Å². The number of rotatable bonds is 6. The van der Waals surface area contributed by atoms with Crippen molar-refractivity contribution in [3.63, 3.8) is 0 Å². The predicted octanol–water partition coefficient (Wildman–Crippen LogP) is 3.72. The second kappa shape index (κ2) is 7.37. The lowest BCUT2D eigenvalue weighted by atomic mass is 9.76. The first-order chi connectivity index (χ1) is 10.0. The van der Waals surface area contributed by atoms with Gasteiger partial charge in [0.25, 0.3) is 0 Å². The summed E-state index contributed by atoms with van der Waals surface area (Å²) in [6.07, 6.45) is 3.25. The number of benzene rings is 1. The van der Waals surface area contributed by atoms with Gasteiger partial charge < -0.3 is 10.1 Å². The van der Waals surface area contributed by atoms with Crippen LogP contribution in [-0.4, -0.2) is 26.3 Å². The maximum atomic E-state index is 13.3. The fraction of sp³-hybridized carbons (Fsp3) is 0.667. The molecule has 2 nitrogen and oxygen atoms in total. The molecule has 118 valence electrons. The van der Waals surface area contributed by atoms with Gasteiger partial charge in [-0.05, 0) is 61.9 Å². The van der Waals surface area contributed by atoms with Gasteiger partial charge in [-0.25, -0.2) is 4.39 Å². The molecule has 0 aromatic heterocycles. The van der Waals surface area contributed by atoms with Crippen molar-refractivity contribution in [2.75, 3.05) is 26.3 Å². The van der Waals surface area contributed by atoms with Crippen molar-refractivity contribution in [1.82, 2.24) is 5.32 Å². The van der Waals surface area contributed by atoms with Gasteiger partial charge in [0.1, 0.15) is 5.82 Å². The Morgan fingerprint density at radius 3 is 2.81 bits per heavy atom. The molecule has 1 heterocycles. The molecule has 0 aliphatic carbocycles. The minimum Gasteiger partial charge on any atom is -0.381 e. The third-order valence-electron chi connectivity index (χ3n) is 4.33. The molecule has 1 aromatic rings. The molecular formula is C18H28FNO. The molecule has 1 saturated heterocycles. The van der Waals surface area contributed by atoms with Crippen LogP contribution in [0.2, 0.25) is 0 Å². The Morgan fingerprint density at radius 2 is 2.19 bits per heavy atom. The van der Waals surface area contributed by atoms with E-state index < -0.39 is 0 Å². The van der Waals surface area contributed by atoms with Gasteiger partial charge in [0.05, 0.1) is 6.61 Å². The van der Waals surface area contributed by atoms with Crippen LogP contribution in [0.1, 0.15) is 37.8 Å². The summed E-state index contributed by atoms with van der Waals surface area (Å²) in [6.45, 7) is 10.1. The molecule has 1 N–H and O–H groups in total. The lowest BCUT2D eigenvalue weighted by Crippen LogP contribution is -2.43. The highest BCUT2D eigenvalue weighted by molar-refractivity contribution is 5.28. The Balaban J connectivity index is 2.08. The zero-order chi connectivity index (χ0) is 15.3. The molecule has 0 radical (unpaired) electrons. The molecule has 0 saturated carbocycles. The van der Waals surface area contributed by atoms with Crippen molar-refractivity contribution in [2.24, 2.45) is 11.3 Å². The Bertz CT molecular complexity index is 453. The Kier molecular flexibility index (Phi) is 5.77. The van der Waals surface area contributed by atoms with Crippen LogP contribution in [0.5, 0.6) is 0 Å². The average Bonchev–Trinajstić information content (AvgIpc) is 2.43. The van der Waals surface area contributed by atoms with Crippen LogP contribution in [0.3, 0.4) is 0 Å². The van der Waals surface area contributed by atoms with Crippen molar-refractivity contribution in [3.8, 4) is 0 Å². The van der Waals surface area contributed by atoms with Gasteiger partial charge in [0, 0.05) is 18.6 Å². The minimum absolute atomic E-state index is 0.149. The Morgan fingerprint density at radius 1 is 1.38 bits per heavy atom. The van der Waals surface area contributed by atoms with E-state index in [0.717, 1.165) is 44.7 Å². The van der Waals surface area contributed by atoms with Gasteiger partial charge in [-0.1, -0.05) is 19.9 Å². The molecule has 1 unspecified atom stereocenters. The van der Waals surface area contributed by atoms with Crippen molar-refractivity contribution in [3.05, 3.63) is 35.1 Å². The first-order valence-corrected chi connectivity index (χ1v) is 8.04. The number of halogens is 1. The summed E-state index contributed by atoms with van der Waals surface area (Å²) in [6, 6.07) is 5.14. The smallest absolute Gasteiger partial charge is 0.123 e. The maximum absolute atomic E-state index is 13.3. The van der Waals surface area contributed by atoms with E-state index in [2.05, 4.69) is 19.2 Å². The second-order valence-corrected chi connectivity index (χ2v) is 6.93. The van der Waals surface area contributed by atoms with Crippen LogP contribution < -0.4 is 5.32 Å². The van der Waals surface area contributed by atoms with E-state index in [0.29, 0.717) is 5.92 Å². The third-order valence-corrected chi connectivity index (χ3v) is 4.33. The number of hydrogen-bond acceptors (Lipinski definition) is 2. The molecular weight excluding hydrogens is 265 g/mol. The minimum atomic E-state index is -0.150. The van der Waals surface area contributed by atoms with Crippen molar-refractivity contribution >= 4 is 0 Å². The zero-order valence-corrected chi connectivity index (χ0v) is 13.5. The van der Waals surface area contributed by atoms with E-state index in [-0.39, 0.29) is 11.2 Å². The molecule has 1 fully saturated rings. The topological polar surface area (TPSA) is 21.3 Å². The number of nitrogens with one attached hydrogen (secondary N) is 1. The van der Waals surface area contributed by atoms with Crippen molar-refractivity contribution < 1.29 is 9.13 Å². The van der Waals surface area contributed by atoms with Crippen LogP contribution in [0.15, 0.2) is 18.2 Å². The first-order valence-electron chi connectivity index (χ1n) is 8.04. The summed E-state index contributed by atoms with van der Waals surface area (Å²) in [7, 11) is 0. The maximum Gasteiger partial charge on any atom is 0.123 e. The molecule has 21 heavy (non-hydrogen) atoms. The molecule has 1 aliphatic rings. The number of aryl methyl sites for hydroxylation is 1. The van der Waals surface area contributed by atoms with Gasteiger partial charge in [-0.2, -0.15) is 0 Å². The van der Waals surface area contributed by atoms with Crippen molar-refractivity contribution in [1.29, 1.82) is 0 Å². The summed E-state index contributed by atoms with van der Waals surface area (Å²) in [5.41, 5.74) is 2.44. The van der Waals surface area contributed by atoms with Crippen LogP contribution in [0, 0.1) is 24.1 Å². The van der Waals surface area contributed by atoms with E-state index in [1.807, 2.05) is 13.0 Å². The van der Waals surface area contributed by atoms with Crippen molar-refractivity contribution in [2.45, 2.75) is 40.0 Å². The highest BCUT2D eigenvalue weighted by Crippen LogP contribution is 2.33. The first kappa shape index (κ1) is 16.4.